The summed E-state index contributed by atoms with van der Waals surface area (Å²) >= 11 is 0. The Labute approximate surface area is 168 Å². The Hall–Kier alpha value is -3.52. The first-order valence-corrected chi connectivity index (χ1v) is 9.97. The van der Waals surface area contributed by atoms with Gasteiger partial charge in [0, 0.05) is 22.5 Å². The fourth-order valence-electron chi connectivity index (χ4n) is 4.71. The molecule has 1 heterocycles. The summed E-state index contributed by atoms with van der Waals surface area (Å²) in [6, 6.07) is 26.5. The minimum atomic E-state index is -0.188. The first-order valence-electron chi connectivity index (χ1n) is 9.97. The molecule has 0 N–H and O–H groups in total. The molecule has 1 nitrogen and oxygen atoms in total. The second-order valence-corrected chi connectivity index (χ2v) is 7.69. The summed E-state index contributed by atoms with van der Waals surface area (Å²) in [5, 5.41) is 3.48. The van der Waals surface area contributed by atoms with E-state index in [-0.39, 0.29) is 5.82 Å². The van der Waals surface area contributed by atoms with Gasteiger partial charge in [0.2, 0.25) is 0 Å². The van der Waals surface area contributed by atoms with Crippen LogP contribution in [0.2, 0.25) is 0 Å². The van der Waals surface area contributed by atoms with Crippen LogP contribution in [0.25, 0.3) is 43.9 Å². The Kier molecular flexibility index (Phi) is 3.54. The molecule has 1 aliphatic carbocycles. The summed E-state index contributed by atoms with van der Waals surface area (Å²) < 4.78 is 14.6. The predicted octanol–water partition coefficient (Wildman–Crippen LogP) is 6.96. The van der Waals surface area contributed by atoms with Crippen LogP contribution in [0.4, 0.5) is 4.39 Å². The highest BCUT2D eigenvalue weighted by Gasteiger charge is 2.17. The van der Waals surface area contributed by atoms with Gasteiger partial charge in [0.1, 0.15) is 5.82 Å². The highest BCUT2D eigenvalue weighted by Crippen LogP contribution is 2.38. The molecular weight excluding hydrogens is 357 g/mol. The van der Waals surface area contributed by atoms with Gasteiger partial charge in [0.25, 0.3) is 0 Å². The Bertz CT molecular complexity index is 1420. The van der Waals surface area contributed by atoms with Gasteiger partial charge >= 0.3 is 0 Å². The molecule has 0 aliphatic heterocycles. The molecule has 0 saturated heterocycles. The van der Waals surface area contributed by atoms with Crippen LogP contribution >= 0.6 is 0 Å². The van der Waals surface area contributed by atoms with Crippen molar-refractivity contribution in [3.8, 4) is 22.4 Å². The van der Waals surface area contributed by atoms with Gasteiger partial charge in [-0.3, -0.25) is 4.98 Å². The number of benzene rings is 4. The number of aryl methyl sites for hydroxylation is 2. The Balaban J connectivity index is 1.58. The minimum Gasteiger partial charge on any atom is -0.256 e. The number of fused-ring (bicyclic) bond motifs is 6. The third kappa shape index (κ3) is 2.49. The lowest BCUT2D eigenvalue weighted by Crippen LogP contribution is -2.04. The average molecular weight is 375 g/mol. The van der Waals surface area contributed by atoms with E-state index in [9.17, 15) is 4.39 Å². The van der Waals surface area contributed by atoms with Crippen LogP contribution in [-0.4, -0.2) is 4.98 Å². The average Bonchev–Trinajstić information content (AvgIpc) is 2.78. The van der Waals surface area contributed by atoms with Crippen LogP contribution < -0.4 is 0 Å². The zero-order valence-electron chi connectivity index (χ0n) is 15.8. The summed E-state index contributed by atoms with van der Waals surface area (Å²) in [7, 11) is 0. The van der Waals surface area contributed by atoms with Crippen LogP contribution in [0, 0.1) is 5.82 Å². The number of hydrogen-bond acceptors (Lipinski definition) is 1. The van der Waals surface area contributed by atoms with Crippen molar-refractivity contribution in [1.82, 2.24) is 4.98 Å². The van der Waals surface area contributed by atoms with Crippen LogP contribution in [0.15, 0.2) is 85.1 Å². The standard InChI is InChI=1S/C27H18FN/c28-25-7-3-5-18-10-13-24-23(26(18)25)14-15-29-27(24)20-11-12-22-19(16-20)9-8-17-4-1-2-6-21(17)22/h1-7,10-16H,8-9H2. The molecule has 138 valence electrons. The van der Waals surface area contributed by atoms with Crippen LogP contribution in [0.5, 0.6) is 0 Å². The maximum Gasteiger partial charge on any atom is 0.131 e. The van der Waals surface area contributed by atoms with E-state index in [1.807, 2.05) is 18.2 Å². The molecular formula is C27H18FN. The molecule has 0 radical (unpaired) electrons. The van der Waals surface area contributed by atoms with Gasteiger partial charge in [-0.2, -0.15) is 0 Å². The number of hydrogen-bond donors (Lipinski definition) is 0. The van der Waals surface area contributed by atoms with Crippen molar-refractivity contribution >= 4 is 21.5 Å². The fourth-order valence-corrected chi connectivity index (χ4v) is 4.71. The van der Waals surface area contributed by atoms with Gasteiger partial charge in [0.15, 0.2) is 0 Å². The molecule has 0 saturated carbocycles. The first kappa shape index (κ1) is 16.4. The molecule has 4 aromatic carbocycles. The molecule has 2 heteroatoms. The quantitative estimate of drug-likeness (QED) is 0.289. The third-order valence-corrected chi connectivity index (χ3v) is 6.08. The number of halogens is 1. The van der Waals surface area contributed by atoms with E-state index >= 15 is 0 Å². The zero-order chi connectivity index (χ0) is 19.4. The van der Waals surface area contributed by atoms with Crippen molar-refractivity contribution in [1.29, 1.82) is 0 Å². The molecule has 6 rings (SSSR count). The maximum absolute atomic E-state index is 14.6. The van der Waals surface area contributed by atoms with Crippen molar-refractivity contribution in [2.75, 3.05) is 0 Å². The largest absolute Gasteiger partial charge is 0.256 e. The molecule has 0 fully saturated rings. The summed E-state index contributed by atoms with van der Waals surface area (Å²) in [5.41, 5.74) is 7.41. The topological polar surface area (TPSA) is 12.9 Å². The fraction of sp³-hybridized carbons (Fsp3) is 0.0741. The first-order chi connectivity index (χ1) is 14.3. The lowest BCUT2D eigenvalue weighted by molar-refractivity contribution is 0.640. The van der Waals surface area contributed by atoms with E-state index in [4.69, 9.17) is 0 Å². The highest BCUT2D eigenvalue weighted by molar-refractivity contribution is 6.11. The molecule has 5 aromatic rings. The second kappa shape index (κ2) is 6.25. The molecule has 0 bridgehead atoms. The summed E-state index contributed by atoms with van der Waals surface area (Å²) in [4.78, 5) is 4.68. The van der Waals surface area contributed by atoms with Gasteiger partial charge in [-0.15, -0.1) is 0 Å². The Morgan fingerprint density at radius 1 is 0.690 bits per heavy atom. The lowest BCUT2D eigenvalue weighted by Gasteiger charge is -2.20. The van der Waals surface area contributed by atoms with Crippen molar-refractivity contribution in [3.05, 3.63) is 102 Å². The normalized spacial score (nSPS) is 12.7. The summed E-state index contributed by atoms with van der Waals surface area (Å²) in [6.07, 6.45) is 3.88. The summed E-state index contributed by atoms with van der Waals surface area (Å²) in [5.74, 6) is -0.188. The van der Waals surface area contributed by atoms with E-state index in [0.717, 1.165) is 40.3 Å². The third-order valence-electron chi connectivity index (χ3n) is 6.08. The van der Waals surface area contributed by atoms with Gasteiger partial charge in [-0.05, 0) is 64.1 Å². The van der Waals surface area contributed by atoms with Crippen LogP contribution in [-0.2, 0) is 12.8 Å². The van der Waals surface area contributed by atoms with Crippen molar-refractivity contribution in [2.45, 2.75) is 12.8 Å². The van der Waals surface area contributed by atoms with Gasteiger partial charge < -0.3 is 0 Å². The molecule has 0 spiro atoms. The molecule has 1 aliphatic rings. The Morgan fingerprint density at radius 3 is 2.52 bits per heavy atom. The van der Waals surface area contributed by atoms with E-state index in [2.05, 4.69) is 53.5 Å². The van der Waals surface area contributed by atoms with E-state index in [1.54, 1.807) is 12.3 Å². The molecule has 0 atom stereocenters. The molecule has 0 unspecified atom stereocenters. The number of nitrogens with zero attached hydrogens (tertiary/aromatic N) is 1. The monoisotopic (exact) mass is 375 g/mol. The maximum atomic E-state index is 14.6. The second-order valence-electron chi connectivity index (χ2n) is 7.69. The van der Waals surface area contributed by atoms with E-state index in [1.165, 1.54) is 28.3 Å². The van der Waals surface area contributed by atoms with Gasteiger partial charge in [-0.1, -0.05) is 60.7 Å². The van der Waals surface area contributed by atoms with E-state index < -0.39 is 0 Å². The number of pyridine rings is 1. The SMILES string of the molecule is Fc1cccc2ccc3c(-c4ccc5c(c4)CCc4ccccc4-5)nccc3c12. The van der Waals surface area contributed by atoms with E-state index in [0.29, 0.717) is 5.39 Å². The predicted molar refractivity (Wildman–Crippen MR) is 117 cm³/mol. The minimum absolute atomic E-state index is 0.188. The van der Waals surface area contributed by atoms with Crippen molar-refractivity contribution in [3.63, 3.8) is 0 Å². The van der Waals surface area contributed by atoms with Crippen molar-refractivity contribution in [2.24, 2.45) is 0 Å². The lowest BCUT2D eigenvalue weighted by atomic mass is 9.84. The van der Waals surface area contributed by atoms with Gasteiger partial charge in [0.05, 0.1) is 5.69 Å². The zero-order valence-corrected chi connectivity index (χ0v) is 15.8. The molecule has 29 heavy (non-hydrogen) atoms. The molecule has 0 amide bonds. The number of aromatic nitrogens is 1. The Morgan fingerprint density at radius 2 is 1.55 bits per heavy atom. The number of rotatable bonds is 1. The molecule has 1 aromatic heterocycles. The smallest absolute Gasteiger partial charge is 0.131 e. The van der Waals surface area contributed by atoms with Crippen LogP contribution in [0.3, 0.4) is 0 Å². The van der Waals surface area contributed by atoms with Crippen LogP contribution in [0.1, 0.15) is 11.1 Å². The highest BCUT2D eigenvalue weighted by atomic mass is 19.1. The van der Waals surface area contributed by atoms with Gasteiger partial charge in [-0.25, -0.2) is 4.39 Å². The summed E-state index contributed by atoms with van der Waals surface area (Å²) in [6.45, 7) is 0. The van der Waals surface area contributed by atoms with Crippen molar-refractivity contribution < 1.29 is 4.39 Å².